The molecule has 3 unspecified atom stereocenters. The molecule has 0 amide bonds. The van der Waals surface area contributed by atoms with E-state index in [-0.39, 0.29) is 34.3 Å². The summed E-state index contributed by atoms with van der Waals surface area (Å²) in [6.45, 7) is 11.3. The van der Waals surface area contributed by atoms with Crippen LogP contribution in [0.5, 0.6) is 0 Å². The quantitative estimate of drug-likeness (QED) is 0.229. The first kappa shape index (κ1) is 34.8. The smallest absolute Gasteiger partial charge is 0.240 e. The van der Waals surface area contributed by atoms with Gasteiger partial charge in [0.1, 0.15) is 0 Å². The molecule has 0 fully saturated rings. The van der Waals surface area contributed by atoms with Crippen molar-refractivity contribution in [1.29, 1.82) is 0 Å². The zero-order valence-corrected chi connectivity index (χ0v) is 27.9. The molecule has 3 aromatic carbocycles. The predicted molar refractivity (Wildman–Crippen MR) is 169 cm³/mol. The fraction of sp³-hybridized carbons (Fsp3) is 0.400. The molecule has 3 aromatic rings. The second kappa shape index (κ2) is 14.4. The molecule has 0 aliphatic rings. The van der Waals surface area contributed by atoms with Gasteiger partial charge in [0.15, 0.2) is 0 Å². The van der Waals surface area contributed by atoms with E-state index in [0.717, 1.165) is 16.7 Å². The summed E-state index contributed by atoms with van der Waals surface area (Å²) in [4.78, 5) is 2.24. The molecule has 0 saturated heterocycles. The highest BCUT2D eigenvalue weighted by Crippen LogP contribution is 2.14. The van der Waals surface area contributed by atoms with Crippen molar-refractivity contribution in [3.63, 3.8) is 0 Å². The maximum atomic E-state index is 13.0. The molecule has 10 nitrogen and oxygen atoms in total. The summed E-state index contributed by atoms with van der Waals surface area (Å²) in [6.07, 6.45) is 0. The van der Waals surface area contributed by atoms with Gasteiger partial charge in [-0.3, -0.25) is 4.90 Å². The van der Waals surface area contributed by atoms with Crippen molar-refractivity contribution in [2.24, 2.45) is 0 Å². The Kier molecular flexibility index (Phi) is 11.7. The number of hydrogen-bond acceptors (Lipinski definition) is 7. The number of nitrogens with one attached hydrogen (secondary N) is 3. The predicted octanol–water partition coefficient (Wildman–Crippen LogP) is 3.31. The number of rotatable bonds is 15. The van der Waals surface area contributed by atoms with E-state index in [1.54, 1.807) is 57.2 Å². The Balaban J connectivity index is 1.76. The number of sulfonamides is 3. The van der Waals surface area contributed by atoms with Crippen LogP contribution < -0.4 is 14.2 Å². The van der Waals surface area contributed by atoms with E-state index < -0.39 is 48.2 Å². The van der Waals surface area contributed by atoms with E-state index in [9.17, 15) is 25.3 Å². The number of benzene rings is 3. The van der Waals surface area contributed by atoms with Crippen molar-refractivity contribution in [2.45, 2.75) is 74.4 Å². The number of aryl methyl sites for hydroxylation is 3. The van der Waals surface area contributed by atoms with Gasteiger partial charge in [0.25, 0.3) is 0 Å². The third kappa shape index (κ3) is 10.5. The molecule has 3 N–H and O–H groups in total. The largest absolute Gasteiger partial charge is 0.299 e. The average Bonchev–Trinajstić information content (AvgIpc) is 2.88. The van der Waals surface area contributed by atoms with Gasteiger partial charge in [-0.2, -0.15) is 0 Å². The minimum atomic E-state index is -3.82. The Hall–Kier alpha value is -2.65. The fourth-order valence-corrected chi connectivity index (χ4v) is 8.35. The standard InChI is InChI=1S/C30H42N4O6S3/c1-22-7-13-28(14-8-22)41(35,36)31-25(4)19-34(20-26(5)32-42(37,38)29-15-9-23(2)10-16-29)21-27(6)33-43(39,40)30-17-11-24(3)12-18-30/h7-18,25-27,31-33H,19-21H2,1-6H3. The SMILES string of the molecule is Cc1ccc(S(=O)(=O)NC(C)CN(CC(C)NS(=O)(=O)c2ccc(C)cc2)CC(C)NS(=O)(=O)c2ccc(C)cc2)cc1. The van der Waals surface area contributed by atoms with E-state index in [2.05, 4.69) is 14.2 Å². The number of nitrogens with zero attached hydrogens (tertiary/aromatic N) is 1. The lowest BCUT2D eigenvalue weighted by atomic mass is 10.2. The average molecular weight is 651 g/mol. The van der Waals surface area contributed by atoms with Gasteiger partial charge in [-0.05, 0) is 77.9 Å². The molecule has 3 rings (SSSR count). The Morgan fingerprint density at radius 3 is 0.884 bits per heavy atom. The topological polar surface area (TPSA) is 142 Å². The van der Waals surface area contributed by atoms with Gasteiger partial charge in [0.05, 0.1) is 14.7 Å². The van der Waals surface area contributed by atoms with Gasteiger partial charge in [-0.1, -0.05) is 53.1 Å². The maximum absolute atomic E-state index is 13.0. The van der Waals surface area contributed by atoms with Gasteiger partial charge in [0, 0.05) is 37.8 Å². The van der Waals surface area contributed by atoms with Crippen LogP contribution in [0, 0.1) is 20.8 Å². The molecule has 0 saturated carbocycles. The maximum Gasteiger partial charge on any atom is 0.240 e. The third-order valence-electron chi connectivity index (χ3n) is 6.66. The fourth-order valence-electron chi connectivity index (χ4n) is 4.65. The zero-order valence-electron chi connectivity index (χ0n) is 25.4. The number of hydrogen-bond donors (Lipinski definition) is 3. The van der Waals surface area contributed by atoms with Crippen molar-refractivity contribution in [3.05, 3.63) is 89.5 Å². The van der Waals surface area contributed by atoms with Gasteiger partial charge < -0.3 is 0 Å². The van der Waals surface area contributed by atoms with E-state index in [4.69, 9.17) is 0 Å². The van der Waals surface area contributed by atoms with Crippen LogP contribution >= 0.6 is 0 Å². The summed E-state index contributed by atoms with van der Waals surface area (Å²) in [5, 5.41) is 0. The molecule has 13 heteroatoms. The van der Waals surface area contributed by atoms with Crippen molar-refractivity contribution >= 4 is 30.1 Å². The Morgan fingerprint density at radius 1 is 0.465 bits per heavy atom. The minimum Gasteiger partial charge on any atom is -0.299 e. The highest BCUT2D eigenvalue weighted by molar-refractivity contribution is 7.90. The third-order valence-corrected chi connectivity index (χ3v) is 11.5. The summed E-state index contributed by atoms with van der Waals surface area (Å²) < 4.78 is 86.1. The molecule has 43 heavy (non-hydrogen) atoms. The molecular weight excluding hydrogens is 609 g/mol. The molecule has 0 bridgehead atoms. The molecule has 0 heterocycles. The molecule has 0 aliphatic heterocycles. The second-order valence-electron chi connectivity index (χ2n) is 11.2. The first-order valence-corrected chi connectivity index (χ1v) is 18.4. The first-order valence-electron chi connectivity index (χ1n) is 14.0. The molecule has 3 atom stereocenters. The van der Waals surface area contributed by atoms with Crippen LogP contribution in [0.25, 0.3) is 0 Å². The zero-order chi connectivity index (χ0) is 32.0. The second-order valence-corrected chi connectivity index (χ2v) is 16.4. The molecule has 0 spiro atoms. The van der Waals surface area contributed by atoms with Crippen molar-refractivity contribution < 1.29 is 25.3 Å². The van der Waals surface area contributed by atoms with Crippen LogP contribution in [-0.4, -0.2) is 67.9 Å². The monoisotopic (exact) mass is 650 g/mol. The molecule has 0 aliphatic carbocycles. The van der Waals surface area contributed by atoms with Crippen LogP contribution in [0.2, 0.25) is 0 Å². The van der Waals surface area contributed by atoms with Gasteiger partial charge in [0.2, 0.25) is 30.1 Å². The van der Waals surface area contributed by atoms with Crippen LogP contribution in [0.15, 0.2) is 87.5 Å². The molecular formula is C30H42N4O6S3. The molecule has 236 valence electrons. The lowest BCUT2D eigenvalue weighted by Crippen LogP contribution is -2.51. The van der Waals surface area contributed by atoms with Gasteiger partial charge in [-0.15, -0.1) is 0 Å². The van der Waals surface area contributed by atoms with Crippen LogP contribution in [0.1, 0.15) is 37.5 Å². The van der Waals surface area contributed by atoms with Crippen LogP contribution in [0.4, 0.5) is 0 Å². The van der Waals surface area contributed by atoms with Gasteiger partial charge in [-0.25, -0.2) is 39.4 Å². The van der Waals surface area contributed by atoms with Crippen molar-refractivity contribution in [2.75, 3.05) is 19.6 Å². The van der Waals surface area contributed by atoms with E-state index in [1.165, 1.54) is 36.4 Å². The first-order chi connectivity index (χ1) is 20.0. The lowest BCUT2D eigenvalue weighted by Gasteiger charge is -2.31. The normalized spacial score (nSPS) is 14.9. The Bertz CT molecular complexity index is 1470. The minimum absolute atomic E-state index is 0.134. The summed E-state index contributed by atoms with van der Waals surface area (Å²) in [5.74, 6) is 0. The van der Waals surface area contributed by atoms with Crippen LogP contribution in [0.3, 0.4) is 0 Å². The summed E-state index contributed by atoms with van der Waals surface area (Å²) in [5.41, 5.74) is 2.80. The van der Waals surface area contributed by atoms with E-state index in [1.807, 2.05) is 25.7 Å². The van der Waals surface area contributed by atoms with E-state index >= 15 is 0 Å². The highest BCUT2D eigenvalue weighted by atomic mass is 32.2. The Morgan fingerprint density at radius 2 is 0.674 bits per heavy atom. The highest BCUT2D eigenvalue weighted by Gasteiger charge is 2.25. The Labute approximate surface area is 257 Å². The summed E-state index contributed by atoms with van der Waals surface area (Å²) in [6, 6.07) is 17.8. The van der Waals surface area contributed by atoms with Crippen LogP contribution in [-0.2, 0) is 30.1 Å². The molecule has 0 aromatic heterocycles. The molecule has 0 radical (unpaired) electrons. The van der Waals surface area contributed by atoms with Gasteiger partial charge >= 0.3 is 0 Å². The van der Waals surface area contributed by atoms with E-state index in [0.29, 0.717) is 0 Å². The summed E-state index contributed by atoms with van der Waals surface area (Å²) >= 11 is 0. The van der Waals surface area contributed by atoms with Crippen molar-refractivity contribution in [3.8, 4) is 0 Å². The summed E-state index contributed by atoms with van der Waals surface area (Å²) in [7, 11) is -11.4. The lowest BCUT2D eigenvalue weighted by molar-refractivity contribution is 0.226. The van der Waals surface area contributed by atoms with Crippen molar-refractivity contribution in [1.82, 2.24) is 19.1 Å².